The molecule has 0 saturated heterocycles. The molecule has 2 rings (SSSR count). The van der Waals surface area contributed by atoms with Gasteiger partial charge in [0, 0.05) is 28.8 Å². The van der Waals surface area contributed by atoms with Crippen molar-refractivity contribution in [1.29, 1.82) is 0 Å². The number of hydrogen-bond donors (Lipinski definition) is 0. The van der Waals surface area contributed by atoms with Crippen molar-refractivity contribution < 1.29 is 9.53 Å². The molecule has 0 bridgehead atoms. The van der Waals surface area contributed by atoms with Crippen molar-refractivity contribution in [3.8, 4) is 10.6 Å². The van der Waals surface area contributed by atoms with Crippen LogP contribution in [0.3, 0.4) is 0 Å². The van der Waals surface area contributed by atoms with E-state index in [-0.39, 0.29) is 12.0 Å². The molecule has 26 heavy (non-hydrogen) atoms. The summed E-state index contributed by atoms with van der Waals surface area (Å²) in [7, 11) is 0. The molecule has 0 fully saturated rings. The standard InChI is InChI=1S/C21H26ClNO2S/c1-5-16(12-14(2)3)19(10-11-24)25-15(4)20-13-23-21(26-20)17-6-8-18(22)9-7-17/h6-11,13-16H,5,12H2,1-4H3/b19-10+. The van der Waals surface area contributed by atoms with Gasteiger partial charge in [0.1, 0.15) is 23.2 Å². The van der Waals surface area contributed by atoms with Gasteiger partial charge in [0.05, 0.1) is 4.88 Å². The molecule has 0 saturated carbocycles. The third kappa shape index (κ3) is 5.68. The largest absolute Gasteiger partial charge is 0.489 e. The number of thiazole rings is 1. The molecule has 0 aliphatic heterocycles. The molecular weight excluding hydrogens is 366 g/mol. The molecule has 0 spiro atoms. The maximum absolute atomic E-state index is 11.1. The molecule has 0 radical (unpaired) electrons. The van der Waals surface area contributed by atoms with Crippen molar-refractivity contribution in [3.05, 3.63) is 52.2 Å². The van der Waals surface area contributed by atoms with Crippen LogP contribution in [0.25, 0.3) is 10.6 Å². The highest BCUT2D eigenvalue weighted by Gasteiger charge is 2.20. The fraction of sp³-hybridized carbons (Fsp3) is 0.429. The van der Waals surface area contributed by atoms with Gasteiger partial charge in [-0.1, -0.05) is 44.5 Å². The molecule has 0 amide bonds. The summed E-state index contributed by atoms with van der Waals surface area (Å²) in [5.41, 5.74) is 1.03. The van der Waals surface area contributed by atoms with Gasteiger partial charge in [0.15, 0.2) is 0 Å². The van der Waals surface area contributed by atoms with Gasteiger partial charge in [0.25, 0.3) is 0 Å². The van der Waals surface area contributed by atoms with Crippen LogP contribution in [0.5, 0.6) is 0 Å². The molecule has 0 aliphatic rings. The van der Waals surface area contributed by atoms with Crippen LogP contribution in [0.2, 0.25) is 5.02 Å². The minimum absolute atomic E-state index is 0.152. The average Bonchev–Trinajstić information content (AvgIpc) is 3.10. The van der Waals surface area contributed by atoms with E-state index in [1.165, 1.54) is 0 Å². The Balaban J connectivity index is 2.14. The SMILES string of the molecule is CCC(CC(C)C)/C(=C\C=O)OC(C)c1cnc(-c2ccc(Cl)cc2)s1. The minimum atomic E-state index is -0.152. The topological polar surface area (TPSA) is 39.2 Å². The Bertz CT molecular complexity index is 737. The summed E-state index contributed by atoms with van der Waals surface area (Å²) in [4.78, 5) is 16.6. The summed E-state index contributed by atoms with van der Waals surface area (Å²) >= 11 is 7.55. The number of halogens is 1. The van der Waals surface area contributed by atoms with Crippen LogP contribution in [-0.4, -0.2) is 11.3 Å². The first-order valence-corrected chi connectivity index (χ1v) is 10.2. The smallest absolute Gasteiger partial charge is 0.146 e. The van der Waals surface area contributed by atoms with Gasteiger partial charge in [0.2, 0.25) is 0 Å². The maximum atomic E-state index is 11.1. The Kier molecular flexibility index (Phi) is 7.85. The molecular formula is C21H26ClNO2S. The summed E-state index contributed by atoms with van der Waals surface area (Å²) in [6, 6.07) is 7.65. The molecule has 2 aromatic rings. The zero-order chi connectivity index (χ0) is 19.1. The number of aromatic nitrogens is 1. The summed E-state index contributed by atoms with van der Waals surface area (Å²) in [6.07, 6.45) is 6.03. The molecule has 0 aliphatic carbocycles. The molecule has 140 valence electrons. The van der Waals surface area contributed by atoms with Gasteiger partial charge in [-0.3, -0.25) is 4.79 Å². The molecule has 2 unspecified atom stereocenters. The number of ether oxygens (including phenoxy) is 1. The van der Waals surface area contributed by atoms with E-state index in [1.54, 1.807) is 17.4 Å². The van der Waals surface area contributed by atoms with Crippen LogP contribution in [-0.2, 0) is 9.53 Å². The number of allylic oxidation sites excluding steroid dienone is 2. The van der Waals surface area contributed by atoms with Crippen LogP contribution in [0, 0.1) is 11.8 Å². The van der Waals surface area contributed by atoms with E-state index in [0.29, 0.717) is 10.9 Å². The molecule has 2 atom stereocenters. The highest BCUT2D eigenvalue weighted by atomic mass is 35.5. The fourth-order valence-electron chi connectivity index (χ4n) is 2.85. The first kappa shape index (κ1) is 20.7. The Hall–Kier alpha value is -1.65. The summed E-state index contributed by atoms with van der Waals surface area (Å²) < 4.78 is 6.18. The number of rotatable bonds is 9. The van der Waals surface area contributed by atoms with Gasteiger partial charge >= 0.3 is 0 Å². The zero-order valence-electron chi connectivity index (χ0n) is 15.7. The Morgan fingerprint density at radius 2 is 1.96 bits per heavy atom. The van der Waals surface area contributed by atoms with Crippen molar-refractivity contribution in [2.24, 2.45) is 11.8 Å². The number of carbonyl (C=O) groups is 1. The number of carbonyl (C=O) groups excluding carboxylic acids is 1. The lowest BCUT2D eigenvalue weighted by atomic mass is 9.92. The number of aldehydes is 1. The molecule has 1 aromatic carbocycles. The van der Waals surface area contributed by atoms with Gasteiger partial charge in [-0.2, -0.15) is 0 Å². The molecule has 0 N–H and O–H groups in total. The monoisotopic (exact) mass is 391 g/mol. The van der Waals surface area contributed by atoms with E-state index < -0.39 is 0 Å². The second kappa shape index (κ2) is 9.89. The summed E-state index contributed by atoms with van der Waals surface area (Å²) in [5.74, 6) is 1.57. The van der Waals surface area contributed by atoms with Gasteiger partial charge in [-0.15, -0.1) is 11.3 Å². The van der Waals surface area contributed by atoms with Gasteiger partial charge < -0.3 is 4.74 Å². The lowest BCUT2D eigenvalue weighted by molar-refractivity contribution is -0.104. The van der Waals surface area contributed by atoms with E-state index in [4.69, 9.17) is 16.3 Å². The quantitative estimate of drug-likeness (QED) is 0.271. The molecule has 5 heteroatoms. The van der Waals surface area contributed by atoms with E-state index in [9.17, 15) is 4.79 Å². The van der Waals surface area contributed by atoms with Crippen molar-refractivity contribution in [2.75, 3.05) is 0 Å². The van der Waals surface area contributed by atoms with Crippen LogP contribution < -0.4 is 0 Å². The highest BCUT2D eigenvalue weighted by molar-refractivity contribution is 7.15. The van der Waals surface area contributed by atoms with Crippen LogP contribution in [0.15, 0.2) is 42.3 Å². The maximum Gasteiger partial charge on any atom is 0.146 e. The second-order valence-corrected chi connectivity index (χ2v) is 8.27. The highest BCUT2D eigenvalue weighted by Crippen LogP contribution is 2.34. The number of hydrogen-bond acceptors (Lipinski definition) is 4. The van der Waals surface area contributed by atoms with Gasteiger partial charge in [-0.25, -0.2) is 4.98 Å². The van der Waals surface area contributed by atoms with Crippen LogP contribution in [0.1, 0.15) is 51.5 Å². The van der Waals surface area contributed by atoms with Crippen molar-refractivity contribution in [1.82, 2.24) is 4.98 Å². The van der Waals surface area contributed by atoms with Crippen molar-refractivity contribution in [3.63, 3.8) is 0 Å². The van der Waals surface area contributed by atoms with E-state index >= 15 is 0 Å². The lowest BCUT2D eigenvalue weighted by Crippen LogP contribution is -2.12. The normalized spacial score (nSPS) is 14.3. The first-order valence-electron chi connectivity index (χ1n) is 8.98. The Morgan fingerprint density at radius 3 is 2.54 bits per heavy atom. The van der Waals surface area contributed by atoms with E-state index in [0.717, 1.165) is 40.3 Å². The number of benzene rings is 1. The summed E-state index contributed by atoms with van der Waals surface area (Å²) in [5, 5.41) is 1.64. The predicted octanol–water partition coefficient (Wildman–Crippen LogP) is 6.70. The van der Waals surface area contributed by atoms with E-state index in [2.05, 4.69) is 25.8 Å². The third-order valence-electron chi connectivity index (χ3n) is 4.21. The second-order valence-electron chi connectivity index (χ2n) is 6.77. The first-order chi connectivity index (χ1) is 12.4. The molecule has 1 heterocycles. The lowest BCUT2D eigenvalue weighted by Gasteiger charge is -2.24. The zero-order valence-corrected chi connectivity index (χ0v) is 17.3. The average molecular weight is 392 g/mol. The Labute approximate surface area is 165 Å². The van der Waals surface area contributed by atoms with E-state index in [1.807, 2.05) is 37.4 Å². The molecule has 1 aromatic heterocycles. The minimum Gasteiger partial charge on any atom is -0.489 e. The Morgan fingerprint density at radius 1 is 1.27 bits per heavy atom. The van der Waals surface area contributed by atoms with Crippen LogP contribution >= 0.6 is 22.9 Å². The summed E-state index contributed by atoms with van der Waals surface area (Å²) in [6.45, 7) is 8.50. The fourth-order valence-corrected chi connectivity index (χ4v) is 3.88. The van der Waals surface area contributed by atoms with Gasteiger partial charge in [-0.05, 0) is 37.8 Å². The third-order valence-corrected chi connectivity index (χ3v) is 5.67. The predicted molar refractivity (Wildman–Crippen MR) is 109 cm³/mol. The van der Waals surface area contributed by atoms with Crippen LogP contribution in [0.4, 0.5) is 0 Å². The van der Waals surface area contributed by atoms with Crippen molar-refractivity contribution in [2.45, 2.75) is 46.6 Å². The van der Waals surface area contributed by atoms with Crippen molar-refractivity contribution >= 4 is 29.2 Å². The molecule has 3 nitrogen and oxygen atoms in total. The number of nitrogens with zero attached hydrogens (tertiary/aromatic N) is 1.